The van der Waals surface area contributed by atoms with Crippen LogP contribution in [0.25, 0.3) is 0 Å². The predicted molar refractivity (Wildman–Crippen MR) is 65.5 cm³/mol. The van der Waals surface area contributed by atoms with Crippen LogP contribution in [0.4, 0.5) is 5.69 Å². The predicted octanol–water partition coefficient (Wildman–Crippen LogP) is 2.28. The molecule has 0 unspecified atom stereocenters. The summed E-state index contributed by atoms with van der Waals surface area (Å²) < 4.78 is 0. The first kappa shape index (κ1) is 14.1. The first-order valence-corrected chi connectivity index (χ1v) is 5.58. The van der Waals surface area contributed by atoms with Crippen molar-refractivity contribution in [2.45, 2.75) is 33.4 Å². The van der Waals surface area contributed by atoms with Crippen molar-refractivity contribution in [1.29, 1.82) is 0 Å². The van der Waals surface area contributed by atoms with Crippen molar-refractivity contribution in [3.05, 3.63) is 39.9 Å². The van der Waals surface area contributed by atoms with Crippen LogP contribution < -0.4 is 0 Å². The van der Waals surface area contributed by atoms with E-state index in [1.54, 1.807) is 12.1 Å². The molecule has 0 aromatic heterocycles. The number of nitro benzene ring substituents is 1. The lowest BCUT2D eigenvalue weighted by Crippen LogP contribution is -2.32. The molecule has 98 valence electrons. The Morgan fingerprint density at radius 2 is 1.94 bits per heavy atom. The molecule has 18 heavy (non-hydrogen) atoms. The topological polar surface area (TPSA) is 72.7 Å². The Labute approximate surface area is 105 Å². The molecule has 1 rings (SSSR count). The van der Waals surface area contributed by atoms with Gasteiger partial charge in [0.25, 0.3) is 5.69 Å². The van der Waals surface area contributed by atoms with Crippen LogP contribution in [0.1, 0.15) is 26.3 Å². The first-order valence-electron chi connectivity index (χ1n) is 5.58. The van der Waals surface area contributed by atoms with E-state index in [9.17, 15) is 14.9 Å². The van der Waals surface area contributed by atoms with Crippen LogP contribution in [0.5, 0.6) is 0 Å². The maximum atomic E-state index is 10.9. The van der Waals surface area contributed by atoms with Crippen LogP contribution >= 0.6 is 0 Å². The van der Waals surface area contributed by atoms with Gasteiger partial charge in [0.1, 0.15) is 0 Å². The maximum Gasteiger partial charge on any atom is 0.322 e. The van der Waals surface area contributed by atoms with Gasteiger partial charge < -0.3 is 4.84 Å². The fraction of sp³-hybridized carbons (Fsp3) is 0.417. The molecule has 0 saturated heterocycles. The molecule has 0 heterocycles. The first-order chi connectivity index (χ1) is 8.40. The summed E-state index contributed by atoms with van der Waals surface area (Å²) in [5.74, 6) is -0.384. The molecule has 1 aromatic rings. The summed E-state index contributed by atoms with van der Waals surface area (Å²) >= 11 is 0. The highest BCUT2D eigenvalue weighted by Crippen LogP contribution is 2.14. The second kappa shape index (κ2) is 6.11. The number of hydroxylamine groups is 2. The van der Waals surface area contributed by atoms with Gasteiger partial charge in [-0.1, -0.05) is 12.1 Å². The van der Waals surface area contributed by atoms with Gasteiger partial charge in [-0.15, -0.1) is 5.06 Å². The molecule has 0 saturated carbocycles. The van der Waals surface area contributed by atoms with Gasteiger partial charge >= 0.3 is 5.97 Å². The minimum Gasteiger partial charge on any atom is -0.368 e. The Morgan fingerprint density at radius 1 is 1.39 bits per heavy atom. The van der Waals surface area contributed by atoms with E-state index in [4.69, 9.17) is 4.84 Å². The summed E-state index contributed by atoms with van der Waals surface area (Å²) in [6.07, 6.45) is 0. The monoisotopic (exact) mass is 252 g/mol. The molecule has 0 atom stereocenters. The molecule has 6 heteroatoms. The quantitative estimate of drug-likeness (QED) is 0.593. The standard InChI is InChI=1S/C12H16N2O4/c1-9(2)13(18-10(3)15)8-11-4-6-12(7-5-11)14(16)17/h4-7,9H,8H2,1-3H3. The molecule has 0 spiro atoms. The van der Waals surface area contributed by atoms with Gasteiger partial charge in [0, 0.05) is 25.1 Å². The van der Waals surface area contributed by atoms with Crippen molar-refractivity contribution in [1.82, 2.24) is 5.06 Å². The van der Waals surface area contributed by atoms with E-state index in [0.29, 0.717) is 6.54 Å². The van der Waals surface area contributed by atoms with E-state index in [2.05, 4.69) is 0 Å². The molecule has 0 bridgehead atoms. The fourth-order valence-electron chi connectivity index (χ4n) is 1.39. The molecular weight excluding hydrogens is 236 g/mol. The molecule has 0 amide bonds. The summed E-state index contributed by atoms with van der Waals surface area (Å²) in [5.41, 5.74) is 0.887. The zero-order chi connectivity index (χ0) is 13.7. The van der Waals surface area contributed by atoms with Crippen LogP contribution in [0.3, 0.4) is 0 Å². The Kier molecular flexibility index (Phi) is 4.79. The van der Waals surface area contributed by atoms with Gasteiger partial charge in [-0.05, 0) is 19.4 Å². The van der Waals surface area contributed by atoms with Crippen LogP contribution in [-0.4, -0.2) is 22.0 Å². The maximum absolute atomic E-state index is 10.9. The fourth-order valence-corrected chi connectivity index (χ4v) is 1.39. The van der Waals surface area contributed by atoms with Crippen molar-refractivity contribution in [3.8, 4) is 0 Å². The number of non-ortho nitro benzene ring substituents is 1. The van der Waals surface area contributed by atoms with Crippen molar-refractivity contribution in [3.63, 3.8) is 0 Å². The van der Waals surface area contributed by atoms with Gasteiger partial charge in [-0.3, -0.25) is 14.9 Å². The summed E-state index contributed by atoms with van der Waals surface area (Å²) in [4.78, 5) is 26.1. The molecule has 0 radical (unpaired) electrons. The molecular formula is C12H16N2O4. The van der Waals surface area contributed by atoms with Crippen molar-refractivity contribution in [2.24, 2.45) is 0 Å². The van der Waals surface area contributed by atoms with Crippen LogP contribution in [0.2, 0.25) is 0 Å². The molecule has 0 aliphatic carbocycles. The molecule has 0 fully saturated rings. The summed E-state index contributed by atoms with van der Waals surface area (Å²) in [6.45, 7) is 5.53. The zero-order valence-electron chi connectivity index (χ0n) is 10.6. The second-order valence-electron chi connectivity index (χ2n) is 4.18. The minimum absolute atomic E-state index is 0.0316. The molecule has 6 nitrogen and oxygen atoms in total. The van der Waals surface area contributed by atoms with Crippen molar-refractivity contribution < 1.29 is 14.6 Å². The Balaban J connectivity index is 2.74. The Hall–Kier alpha value is -1.95. The Morgan fingerprint density at radius 3 is 2.33 bits per heavy atom. The van der Waals surface area contributed by atoms with Gasteiger partial charge in [-0.25, -0.2) is 0 Å². The van der Waals surface area contributed by atoms with Gasteiger partial charge in [0.15, 0.2) is 0 Å². The lowest BCUT2D eigenvalue weighted by atomic mass is 10.2. The number of hydrogen-bond acceptors (Lipinski definition) is 5. The van der Waals surface area contributed by atoms with Crippen molar-refractivity contribution >= 4 is 11.7 Å². The van der Waals surface area contributed by atoms with Gasteiger partial charge in [0.05, 0.1) is 11.5 Å². The van der Waals surface area contributed by atoms with E-state index in [1.165, 1.54) is 24.1 Å². The summed E-state index contributed by atoms with van der Waals surface area (Å²) in [5, 5.41) is 12.0. The normalized spacial score (nSPS) is 10.7. The highest BCUT2D eigenvalue weighted by atomic mass is 16.7. The van der Waals surface area contributed by atoms with Crippen LogP contribution in [0, 0.1) is 10.1 Å². The number of nitrogens with zero attached hydrogens (tertiary/aromatic N) is 2. The van der Waals surface area contributed by atoms with Crippen molar-refractivity contribution in [2.75, 3.05) is 0 Å². The van der Waals surface area contributed by atoms with Crippen LogP contribution in [0.15, 0.2) is 24.3 Å². The third kappa shape index (κ3) is 4.14. The van der Waals surface area contributed by atoms with E-state index >= 15 is 0 Å². The molecule has 0 aliphatic rings. The van der Waals surface area contributed by atoms with E-state index < -0.39 is 4.92 Å². The molecule has 0 N–H and O–H groups in total. The molecule has 0 aliphatic heterocycles. The van der Waals surface area contributed by atoms with E-state index in [-0.39, 0.29) is 17.7 Å². The zero-order valence-corrected chi connectivity index (χ0v) is 10.6. The lowest BCUT2D eigenvalue weighted by Gasteiger charge is -2.24. The van der Waals surface area contributed by atoms with Gasteiger partial charge in [0.2, 0.25) is 0 Å². The lowest BCUT2D eigenvalue weighted by molar-refractivity contribution is -0.384. The van der Waals surface area contributed by atoms with E-state index in [0.717, 1.165) is 5.56 Å². The number of hydrogen-bond donors (Lipinski definition) is 0. The summed E-state index contributed by atoms with van der Waals surface area (Å²) in [6, 6.07) is 6.20. The number of benzene rings is 1. The highest BCUT2D eigenvalue weighted by molar-refractivity contribution is 5.65. The summed E-state index contributed by atoms with van der Waals surface area (Å²) in [7, 11) is 0. The highest BCUT2D eigenvalue weighted by Gasteiger charge is 2.14. The van der Waals surface area contributed by atoms with E-state index in [1.807, 2.05) is 13.8 Å². The minimum atomic E-state index is -0.448. The second-order valence-corrected chi connectivity index (χ2v) is 4.18. The average molecular weight is 252 g/mol. The molecule has 1 aromatic carbocycles. The number of carbonyl (C=O) groups excluding carboxylic acids is 1. The Bertz CT molecular complexity index is 428. The SMILES string of the molecule is CC(=O)ON(Cc1ccc([N+](=O)[O-])cc1)C(C)C. The largest absolute Gasteiger partial charge is 0.368 e. The number of rotatable bonds is 5. The third-order valence-electron chi connectivity index (χ3n) is 2.31. The van der Waals surface area contributed by atoms with Gasteiger partial charge in [-0.2, -0.15) is 0 Å². The average Bonchev–Trinajstić information content (AvgIpc) is 2.28. The number of nitro groups is 1. The number of carbonyl (C=O) groups is 1. The third-order valence-corrected chi connectivity index (χ3v) is 2.31. The smallest absolute Gasteiger partial charge is 0.322 e. The van der Waals surface area contributed by atoms with Crippen LogP contribution in [-0.2, 0) is 16.2 Å².